The van der Waals surface area contributed by atoms with E-state index in [-0.39, 0.29) is 36.9 Å². The number of carboxylic acids is 1. The van der Waals surface area contributed by atoms with Gasteiger partial charge in [0.2, 0.25) is 5.91 Å². The number of carboxylic acid groups (broad SMARTS) is 1. The summed E-state index contributed by atoms with van der Waals surface area (Å²) in [6.07, 6.45) is 3.53. The Morgan fingerprint density at radius 3 is 2.63 bits per heavy atom. The molecular formula is C19H30ClN3O3S. The van der Waals surface area contributed by atoms with Crippen molar-refractivity contribution in [3.05, 3.63) is 35.0 Å². The van der Waals surface area contributed by atoms with Crippen molar-refractivity contribution in [1.82, 2.24) is 14.7 Å². The van der Waals surface area contributed by atoms with Crippen LogP contribution < -0.4 is 0 Å². The number of likely N-dealkylation sites (N-methyl/N-ethyl adjacent to an activating group) is 1. The summed E-state index contributed by atoms with van der Waals surface area (Å²) in [6.45, 7) is 8.58. The molecule has 1 fully saturated rings. The predicted octanol–water partition coefficient (Wildman–Crippen LogP) is 2.55. The molecule has 2 heterocycles. The molecule has 0 spiro atoms. The maximum atomic E-state index is 13.0. The molecule has 1 aromatic rings. The second-order valence-electron chi connectivity index (χ2n) is 6.84. The number of halogens is 1. The SMILES string of the molecule is C=CCN(Cc1cccs1)C(=O)C(C)N1CCC(N(C)CC(=O)O)CC1.Cl. The Labute approximate surface area is 171 Å². The van der Waals surface area contributed by atoms with Crippen molar-refractivity contribution in [2.24, 2.45) is 0 Å². The third kappa shape index (κ3) is 6.92. The third-order valence-electron chi connectivity index (χ3n) is 5.00. The molecule has 1 atom stereocenters. The van der Waals surface area contributed by atoms with E-state index in [1.165, 1.54) is 4.88 Å². The highest BCUT2D eigenvalue weighted by atomic mass is 35.5. The number of hydrogen-bond acceptors (Lipinski definition) is 5. The average Bonchev–Trinajstić information content (AvgIpc) is 3.13. The predicted molar refractivity (Wildman–Crippen MR) is 112 cm³/mol. The summed E-state index contributed by atoms with van der Waals surface area (Å²) >= 11 is 1.65. The Morgan fingerprint density at radius 1 is 1.44 bits per heavy atom. The number of amides is 1. The van der Waals surface area contributed by atoms with Gasteiger partial charge in [0.05, 0.1) is 19.1 Å². The van der Waals surface area contributed by atoms with Gasteiger partial charge < -0.3 is 10.0 Å². The van der Waals surface area contributed by atoms with Crippen molar-refractivity contribution in [2.45, 2.75) is 38.4 Å². The van der Waals surface area contributed by atoms with E-state index in [4.69, 9.17) is 5.11 Å². The van der Waals surface area contributed by atoms with Crippen LogP contribution in [0.15, 0.2) is 30.2 Å². The third-order valence-corrected chi connectivity index (χ3v) is 5.86. The van der Waals surface area contributed by atoms with Crippen LogP contribution in [-0.2, 0) is 16.1 Å². The number of carbonyl (C=O) groups excluding carboxylic acids is 1. The summed E-state index contributed by atoms with van der Waals surface area (Å²) in [5.41, 5.74) is 0. The van der Waals surface area contributed by atoms with E-state index in [9.17, 15) is 9.59 Å². The van der Waals surface area contributed by atoms with E-state index < -0.39 is 5.97 Å². The molecule has 1 aliphatic heterocycles. The lowest BCUT2D eigenvalue weighted by Crippen LogP contribution is -2.52. The van der Waals surface area contributed by atoms with Crippen LogP contribution in [0.4, 0.5) is 0 Å². The molecule has 0 bridgehead atoms. The molecule has 0 saturated carbocycles. The Hall–Kier alpha value is -1.41. The van der Waals surface area contributed by atoms with Crippen molar-refractivity contribution in [1.29, 1.82) is 0 Å². The number of thiophene rings is 1. The van der Waals surface area contributed by atoms with Crippen LogP contribution in [0.1, 0.15) is 24.6 Å². The molecule has 6 nitrogen and oxygen atoms in total. The standard InChI is InChI=1S/C19H29N3O3S.ClH/c1-4-9-22(13-17-6-5-12-26-17)19(25)15(2)21-10-7-16(8-11-21)20(3)14-18(23)24;/h4-6,12,15-16H,1,7-11,13-14H2,2-3H3,(H,23,24);1H. The molecule has 0 aromatic carbocycles. The summed E-state index contributed by atoms with van der Waals surface area (Å²) < 4.78 is 0. The highest BCUT2D eigenvalue weighted by molar-refractivity contribution is 7.09. The van der Waals surface area contributed by atoms with Gasteiger partial charge in [-0.3, -0.25) is 19.4 Å². The molecule has 1 aromatic heterocycles. The summed E-state index contributed by atoms with van der Waals surface area (Å²) in [4.78, 5) is 31.0. The maximum Gasteiger partial charge on any atom is 0.317 e. The zero-order valence-corrected chi connectivity index (χ0v) is 17.7. The summed E-state index contributed by atoms with van der Waals surface area (Å²) in [5, 5.41) is 11.0. The van der Waals surface area contributed by atoms with Crippen molar-refractivity contribution < 1.29 is 14.7 Å². The lowest BCUT2D eigenvalue weighted by atomic mass is 10.0. The summed E-state index contributed by atoms with van der Waals surface area (Å²) in [7, 11) is 1.86. The van der Waals surface area contributed by atoms with Gasteiger partial charge in [-0.15, -0.1) is 30.3 Å². The van der Waals surface area contributed by atoms with E-state index >= 15 is 0 Å². The van der Waals surface area contributed by atoms with Crippen LogP contribution in [0.25, 0.3) is 0 Å². The van der Waals surface area contributed by atoms with Crippen LogP contribution in [0.5, 0.6) is 0 Å². The highest BCUT2D eigenvalue weighted by Crippen LogP contribution is 2.19. The lowest BCUT2D eigenvalue weighted by Gasteiger charge is -2.39. The minimum atomic E-state index is -0.799. The first kappa shape index (κ1) is 23.6. The molecule has 152 valence electrons. The van der Waals surface area contributed by atoms with Gasteiger partial charge in [0.25, 0.3) is 0 Å². The fraction of sp³-hybridized carbons (Fsp3) is 0.579. The highest BCUT2D eigenvalue weighted by Gasteiger charge is 2.30. The van der Waals surface area contributed by atoms with E-state index in [0.29, 0.717) is 13.1 Å². The molecule has 1 unspecified atom stereocenters. The molecule has 27 heavy (non-hydrogen) atoms. The first-order valence-corrected chi connectivity index (χ1v) is 9.88. The molecule has 2 rings (SSSR count). The zero-order chi connectivity index (χ0) is 19.1. The Bertz CT molecular complexity index is 603. The minimum Gasteiger partial charge on any atom is -0.480 e. The topological polar surface area (TPSA) is 64.1 Å². The van der Waals surface area contributed by atoms with Crippen LogP contribution in [0, 0.1) is 0 Å². The van der Waals surface area contributed by atoms with E-state index in [0.717, 1.165) is 25.9 Å². The lowest BCUT2D eigenvalue weighted by molar-refractivity contribution is -0.138. The Balaban J connectivity index is 0.00000364. The van der Waals surface area contributed by atoms with Crippen LogP contribution in [0.3, 0.4) is 0 Å². The number of nitrogens with zero attached hydrogens (tertiary/aromatic N) is 3. The molecule has 1 amide bonds. The first-order valence-electron chi connectivity index (χ1n) is 9.00. The first-order chi connectivity index (χ1) is 12.4. The number of piperidine rings is 1. The molecule has 1 N–H and O–H groups in total. The van der Waals surface area contributed by atoms with Gasteiger partial charge in [-0.25, -0.2) is 0 Å². The minimum absolute atomic E-state index is 0. The number of rotatable bonds is 9. The van der Waals surface area contributed by atoms with Crippen LogP contribution in [-0.4, -0.2) is 77.0 Å². The Morgan fingerprint density at radius 2 is 2.11 bits per heavy atom. The van der Waals surface area contributed by atoms with Crippen molar-refractivity contribution in [3.8, 4) is 0 Å². The smallest absolute Gasteiger partial charge is 0.317 e. The quantitative estimate of drug-likeness (QED) is 0.628. The van der Waals surface area contributed by atoms with Gasteiger partial charge >= 0.3 is 5.97 Å². The normalized spacial score (nSPS) is 16.6. The van der Waals surface area contributed by atoms with Crippen molar-refractivity contribution >= 4 is 35.6 Å². The molecule has 1 saturated heterocycles. The van der Waals surface area contributed by atoms with Crippen molar-refractivity contribution in [2.75, 3.05) is 33.2 Å². The van der Waals surface area contributed by atoms with Gasteiger partial charge in [0, 0.05) is 30.6 Å². The number of hydrogen-bond donors (Lipinski definition) is 1. The second kappa shape index (κ2) is 11.4. The van der Waals surface area contributed by atoms with E-state index in [1.54, 1.807) is 17.4 Å². The number of likely N-dealkylation sites (tertiary alicyclic amines) is 1. The molecule has 0 aliphatic carbocycles. The molecular weight excluding hydrogens is 386 g/mol. The van der Waals surface area contributed by atoms with Gasteiger partial charge in [-0.1, -0.05) is 12.1 Å². The van der Waals surface area contributed by atoms with Gasteiger partial charge in [0.15, 0.2) is 0 Å². The number of carbonyl (C=O) groups is 2. The maximum absolute atomic E-state index is 13.0. The summed E-state index contributed by atoms with van der Waals surface area (Å²) in [5.74, 6) is -0.678. The largest absolute Gasteiger partial charge is 0.480 e. The van der Waals surface area contributed by atoms with Crippen LogP contribution in [0.2, 0.25) is 0 Å². The summed E-state index contributed by atoms with van der Waals surface area (Å²) in [6, 6.07) is 4.13. The molecule has 1 aliphatic rings. The number of aliphatic carboxylic acids is 1. The van der Waals surface area contributed by atoms with Gasteiger partial charge in [-0.2, -0.15) is 0 Å². The average molecular weight is 416 g/mol. The monoisotopic (exact) mass is 415 g/mol. The fourth-order valence-electron chi connectivity index (χ4n) is 3.46. The molecule has 0 radical (unpaired) electrons. The van der Waals surface area contributed by atoms with Crippen LogP contribution >= 0.6 is 23.7 Å². The van der Waals surface area contributed by atoms with E-state index in [2.05, 4.69) is 11.5 Å². The fourth-order valence-corrected chi connectivity index (χ4v) is 4.18. The second-order valence-corrected chi connectivity index (χ2v) is 7.87. The van der Waals surface area contributed by atoms with Gasteiger partial charge in [-0.05, 0) is 38.3 Å². The van der Waals surface area contributed by atoms with Crippen molar-refractivity contribution in [3.63, 3.8) is 0 Å². The zero-order valence-electron chi connectivity index (χ0n) is 16.0. The molecule has 8 heteroatoms. The van der Waals surface area contributed by atoms with E-state index in [1.807, 2.05) is 41.3 Å². The van der Waals surface area contributed by atoms with Gasteiger partial charge in [0.1, 0.15) is 0 Å². The Kier molecular flexibility index (Phi) is 10.0.